The average Bonchev–Trinajstić information content (AvgIpc) is 2.53. The maximum absolute atomic E-state index is 12.5. The first-order valence-corrected chi connectivity index (χ1v) is 7.44. The highest BCUT2D eigenvalue weighted by Crippen LogP contribution is 2.39. The van der Waals surface area contributed by atoms with Crippen LogP contribution < -0.4 is 11.3 Å². The maximum atomic E-state index is 12.5. The number of nitrogens with zero attached hydrogens (tertiary/aromatic N) is 3. The summed E-state index contributed by atoms with van der Waals surface area (Å²) >= 11 is 0. The number of amides is 1. The van der Waals surface area contributed by atoms with Gasteiger partial charge in [-0.2, -0.15) is 0 Å². The summed E-state index contributed by atoms with van der Waals surface area (Å²) in [5, 5.41) is 18.4. The number of nitrogens with one attached hydrogen (secondary N) is 1. The summed E-state index contributed by atoms with van der Waals surface area (Å²) in [7, 11) is 0. The largest absolute Gasteiger partial charge is 0.389 e. The highest BCUT2D eigenvalue weighted by Gasteiger charge is 2.43. The summed E-state index contributed by atoms with van der Waals surface area (Å²) in [5.74, 6) is 5.71. The highest BCUT2D eigenvalue weighted by molar-refractivity contribution is 5.92. The number of carbonyl (C=O) groups excluding carboxylic acids is 1. The number of aliphatic hydroxyl groups is 1. The Kier molecular flexibility index (Phi) is 3.77. The predicted octanol–water partition coefficient (Wildman–Crippen LogP) is 0.529. The third-order valence-electron chi connectivity index (χ3n) is 4.75. The number of hydrazine groups is 1. The molecule has 0 spiro atoms. The lowest BCUT2D eigenvalue weighted by Crippen LogP contribution is -2.54. The van der Waals surface area contributed by atoms with E-state index in [4.69, 9.17) is 5.84 Å². The van der Waals surface area contributed by atoms with Crippen molar-refractivity contribution in [1.82, 2.24) is 15.1 Å². The van der Waals surface area contributed by atoms with Crippen molar-refractivity contribution in [1.29, 1.82) is 0 Å². The third-order valence-corrected chi connectivity index (χ3v) is 4.75. The van der Waals surface area contributed by atoms with Gasteiger partial charge in [-0.3, -0.25) is 4.79 Å². The summed E-state index contributed by atoms with van der Waals surface area (Å²) in [5.41, 5.74) is 2.12. The van der Waals surface area contributed by atoms with Crippen LogP contribution in [0.25, 0.3) is 0 Å². The number of fused-ring (bicyclic) bond motifs is 1. The van der Waals surface area contributed by atoms with Crippen LogP contribution in [0.15, 0.2) is 12.1 Å². The quantitative estimate of drug-likeness (QED) is 0.542. The van der Waals surface area contributed by atoms with E-state index >= 15 is 0 Å². The average molecular weight is 291 g/mol. The van der Waals surface area contributed by atoms with E-state index in [9.17, 15) is 9.90 Å². The van der Waals surface area contributed by atoms with E-state index in [1.54, 1.807) is 17.0 Å². The second kappa shape index (κ2) is 5.57. The molecular formula is C14H21N5O2. The summed E-state index contributed by atoms with van der Waals surface area (Å²) in [6.07, 6.45) is 4.71. The molecule has 7 heteroatoms. The smallest absolute Gasteiger partial charge is 0.274 e. The van der Waals surface area contributed by atoms with Gasteiger partial charge in [0.25, 0.3) is 5.91 Å². The van der Waals surface area contributed by atoms with Crippen LogP contribution in [-0.4, -0.2) is 44.8 Å². The van der Waals surface area contributed by atoms with Crippen LogP contribution in [0.1, 0.15) is 42.6 Å². The molecule has 21 heavy (non-hydrogen) atoms. The molecule has 2 atom stereocenters. The Hall–Kier alpha value is -1.73. The first kappa shape index (κ1) is 14.2. The van der Waals surface area contributed by atoms with Crippen LogP contribution >= 0.6 is 0 Å². The molecular weight excluding hydrogens is 270 g/mol. The molecule has 1 saturated heterocycles. The fourth-order valence-electron chi connectivity index (χ4n) is 3.44. The number of rotatable bonds is 2. The Morgan fingerprint density at radius 3 is 2.95 bits per heavy atom. The topological polar surface area (TPSA) is 104 Å². The minimum atomic E-state index is -0.575. The van der Waals surface area contributed by atoms with Crippen LogP contribution in [0.5, 0.6) is 0 Å². The predicted molar refractivity (Wildman–Crippen MR) is 77.3 cm³/mol. The summed E-state index contributed by atoms with van der Waals surface area (Å²) in [4.78, 5) is 14.3. The van der Waals surface area contributed by atoms with Gasteiger partial charge in [0.05, 0.1) is 5.60 Å². The second-order valence-corrected chi connectivity index (χ2v) is 6.00. The summed E-state index contributed by atoms with van der Waals surface area (Å²) in [6, 6.07) is 3.24. The van der Waals surface area contributed by atoms with Gasteiger partial charge in [-0.1, -0.05) is 12.8 Å². The zero-order valence-corrected chi connectivity index (χ0v) is 12.0. The Morgan fingerprint density at radius 1 is 1.38 bits per heavy atom. The number of piperidine rings is 1. The van der Waals surface area contributed by atoms with E-state index in [0.29, 0.717) is 31.0 Å². The fourth-order valence-corrected chi connectivity index (χ4v) is 3.44. The molecule has 1 aromatic heterocycles. The van der Waals surface area contributed by atoms with Crippen LogP contribution in [0.4, 0.5) is 5.82 Å². The Morgan fingerprint density at radius 2 is 2.24 bits per heavy atom. The molecule has 3 rings (SSSR count). The zero-order valence-electron chi connectivity index (χ0n) is 12.0. The maximum Gasteiger partial charge on any atom is 0.274 e. The van der Waals surface area contributed by atoms with E-state index in [2.05, 4.69) is 15.6 Å². The number of nitrogens with two attached hydrogens (primary N) is 1. The van der Waals surface area contributed by atoms with Crippen molar-refractivity contribution in [3.8, 4) is 0 Å². The molecule has 1 aromatic rings. The molecule has 7 nitrogen and oxygen atoms in total. The van der Waals surface area contributed by atoms with Crippen molar-refractivity contribution >= 4 is 11.7 Å². The van der Waals surface area contributed by atoms with Crippen molar-refractivity contribution in [3.63, 3.8) is 0 Å². The van der Waals surface area contributed by atoms with Gasteiger partial charge in [-0.15, -0.1) is 10.2 Å². The number of hydrogen-bond acceptors (Lipinski definition) is 6. The van der Waals surface area contributed by atoms with Gasteiger partial charge < -0.3 is 15.4 Å². The second-order valence-electron chi connectivity index (χ2n) is 6.00. The lowest BCUT2D eigenvalue weighted by atomic mass is 9.71. The van der Waals surface area contributed by atoms with Crippen molar-refractivity contribution in [2.24, 2.45) is 11.8 Å². The van der Waals surface area contributed by atoms with Crippen molar-refractivity contribution in [3.05, 3.63) is 17.8 Å². The van der Waals surface area contributed by atoms with Crippen LogP contribution in [0.3, 0.4) is 0 Å². The van der Waals surface area contributed by atoms with E-state index in [1.807, 2.05) is 0 Å². The molecule has 0 bridgehead atoms. The number of nitrogen functional groups attached to an aromatic ring is 1. The molecule has 2 unspecified atom stereocenters. The third kappa shape index (κ3) is 2.71. The van der Waals surface area contributed by atoms with Gasteiger partial charge in [-0.25, -0.2) is 5.84 Å². The van der Waals surface area contributed by atoms with Gasteiger partial charge in [0.15, 0.2) is 11.5 Å². The Labute approximate surface area is 123 Å². The summed E-state index contributed by atoms with van der Waals surface area (Å²) in [6.45, 7) is 1.18. The van der Waals surface area contributed by atoms with Crippen LogP contribution in [0, 0.1) is 5.92 Å². The van der Waals surface area contributed by atoms with E-state index < -0.39 is 5.60 Å². The minimum Gasteiger partial charge on any atom is -0.389 e. The Balaban J connectivity index is 1.70. The number of likely N-dealkylation sites (tertiary alicyclic amines) is 1. The zero-order chi connectivity index (χ0) is 14.9. The first-order chi connectivity index (χ1) is 10.1. The lowest BCUT2D eigenvalue weighted by molar-refractivity contribution is -0.0886. The number of anilines is 1. The molecule has 0 aromatic carbocycles. The monoisotopic (exact) mass is 291 g/mol. The minimum absolute atomic E-state index is 0.126. The molecule has 114 valence electrons. The number of hydrogen-bond donors (Lipinski definition) is 3. The molecule has 4 N–H and O–H groups in total. The van der Waals surface area contributed by atoms with E-state index in [-0.39, 0.29) is 11.8 Å². The molecule has 1 aliphatic carbocycles. The molecule has 1 saturated carbocycles. The highest BCUT2D eigenvalue weighted by atomic mass is 16.3. The van der Waals surface area contributed by atoms with Gasteiger partial charge >= 0.3 is 0 Å². The lowest BCUT2D eigenvalue weighted by Gasteiger charge is -2.47. The van der Waals surface area contributed by atoms with E-state index in [0.717, 1.165) is 25.7 Å². The molecule has 0 radical (unpaired) electrons. The van der Waals surface area contributed by atoms with Gasteiger partial charge in [0.2, 0.25) is 0 Å². The van der Waals surface area contributed by atoms with Crippen molar-refractivity contribution in [2.45, 2.75) is 37.7 Å². The van der Waals surface area contributed by atoms with E-state index in [1.165, 1.54) is 0 Å². The SMILES string of the molecule is NNc1ccc(C(=O)N2CCC3(O)CCCCC3C2)nn1. The van der Waals surface area contributed by atoms with Gasteiger partial charge in [0, 0.05) is 19.0 Å². The molecule has 2 aliphatic rings. The Bertz CT molecular complexity index is 521. The molecule has 1 amide bonds. The van der Waals surface area contributed by atoms with Crippen LogP contribution in [-0.2, 0) is 0 Å². The van der Waals surface area contributed by atoms with Crippen molar-refractivity contribution < 1.29 is 9.90 Å². The summed E-state index contributed by atoms with van der Waals surface area (Å²) < 4.78 is 0. The van der Waals surface area contributed by atoms with Crippen molar-refractivity contribution in [2.75, 3.05) is 18.5 Å². The number of aromatic nitrogens is 2. The molecule has 2 fully saturated rings. The van der Waals surface area contributed by atoms with Gasteiger partial charge in [0.1, 0.15) is 0 Å². The molecule has 1 aliphatic heterocycles. The normalized spacial score (nSPS) is 28.9. The number of carbonyl (C=O) groups is 1. The fraction of sp³-hybridized carbons (Fsp3) is 0.643. The standard InChI is InChI=1S/C14H21N5O2/c15-16-12-5-4-11(17-18-12)13(20)19-8-7-14(21)6-2-1-3-10(14)9-19/h4-5,10,21H,1-3,6-9,15H2,(H,16,18). The van der Waals surface area contributed by atoms with Crippen LogP contribution in [0.2, 0.25) is 0 Å². The molecule has 2 heterocycles. The first-order valence-electron chi connectivity index (χ1n) is 7.44. The van der Waals surface area contributed by atoms with Gasteiger partial charge in [-0.05, 0) is 31.4 Å².